The van der Waals surface area contributed by atoms with E-state index in [0.29, 0.717) is 25.3 Å². The lowest BCUT2D eigenvalue weighted by Gasteiger charge is -2.18. The fourth-order valence-electron chi connectivity index (χ4n) is 2.71. The maximum absolute atomic E-state index is 12.5. The van der Waals surface area contributed by atoms with E-state index in [9.17, 15) is 9.90 Å². The Morgan fingerprint density at radius 3 is 2.87 bits per heavy atom. The monoisotopic (exact) mass is 332 g/mol. The molecule has 5 nitrogen and oxygen atoms in total. The van der Waals surface area contributed by atoms with Gasteiger partial charge in [0.15, 0.2) is 0 Å². The Kier molecular flexibility index (Phi) is 4.93. The minimum Gasteiger partial charge on any atom is -0.487 e. The number of likely N-dealkylation sites (tertiary alicyclic amines) is 1. The first-order valence-electron chi connectivity index (χ1n) is 7.71. The van der Waals surface area contributed by atoms with Crippen LogP contribution in [0, 0.1) is 5.92 Å². The zero-order valence-electron chi connectivity index (χ0n) is 13.0. The zero-order valence-corrected chi connectivity index (χ0v) is 13.8. The number of hydrogen-bond acceptors (Lipinski definition) is 5. The minimum atomic E-state index is -0.366. The van der Waals surface area contributed by atoms with Gasteiger partial charge >= 0.3 is 0 Å². The Labute approximate surface area is 139 Å². The highest BCUT2D eigenvalue weighted by atomic mass is 32.1. The Bertz CT molecular complexity index is 640. The summed E-state index contributed by atoms with van der Waals surface area (Å²) >= 11 is 1.54. The van der Waals surface area contributed by atoms with E-state index in [1.54, 1.807) is 24.6 Å². The molecule has 1 fully saturated rings. The molecule has 0 aliphatic carbocycles. The molecule has 6 heteroatoms. The van der Waals surface area contributed by atoms with E-state index in [4.69, 9.17) is 4.74 Å². The number of thiazole rings is 1. The normalized spacial score (nSPS) is 18.9. The number of nitrogens with zero attached hydrogens (tertiary/aromatic N) is 2. The third-order valence-electron chi connectivity index (χ3n) is 4.17. The number of aliphatic hydroxyl groups excluding tert-OH is 1. The minimum absolute atomic E-state index is 0.0131. The Morgan fingerprint density at radius 1 is 1.48 bits per heavy atom. The lowest BCUT2D eigenvalue weighted by Crippen LogP contribution is -2.30. The highest BCUT2D eigenvalue weighted by Gasteiger charge is 2.29. The molecule has 1 amide bonds. The summed E-state index contributed by atoms with van der Waals surface area (Å²) < 4.78 is 5.65. The van der Waals surface area contributed by atoms with Crippen LogP contribution in [0.15, 0.2) is 35.2 Å². The second-order valence-corrected chi connectivity index (χ2v) is 6.55. The first kappa shape index (κ1) is 16.0. The molecule has 1 aliphatic rings. The van der Waals surface area contributed by atoms with E-state index in [-0.39, 0.29) is 17.9 Å². The highest BCUT2D eigenvalue weighted by Crippen LogP contribution is 2.22. The molecule has 0 saturated carbocycles. The summed E-state index contributed by atoms with van der Waals surface area (Å²) in [5, 5.41) is 11.6. The molecule has 122 valence electrons. The lowest BCUT2D eigenvalue weighted by molar-refractivity contribution is 0.0762. The van der Waals surface area contributed by atoms with Crippen molar-refractivity contribution in [2.24, 2.45) is 5.92 Å². The molecule has 0 radical (unpaired) electrons. The summed E-state index contributed by atoms with van der Waals surface area (Å²) in [5.41, 5.74) is 3.32. The molecule has 1 N–H and O–H groups in total. The molecule has 2 unspecified atom stereocenters. The largest absolute Gasteiger partial charge is 0.487 e. The van der Waals surface area contributed by atoms with Crippen molar-refractivity contribution in [3.8, 4) is 5.75 Å². The average molecular weight is 332 g/mol. The number of carbonyl (C=O) groups excluding carboxylic acids is 1. The molecular weight excluding hydrogens is 312 g/mol. The standard InChI is InChI=1S/C17H20N2O3S/c1-12(20)14-6-7-19(8-14)17(21)13-2-4-16(5-3-13)22-9-15-10-23-11-18-15/h2-5,10-12,14,20H,6-9H2,1H3. The van der Waals surface area contributed by atoms with Crippen molar-refractivity contribution in [2.75, 3.05) is 13.1 Å². The van der Waals surface area contributed by atoms with E-state index < -0.39 is 0 Å². The first-order chi connectivity index (χ1) is 11.1. The first-order valence-corrected chi connectivity index (χ1v) is 8.65. The van der Waals surface area contributed by atoms with E-state index in [0.717, 1.165) is 17.9 Å². The number of benzene rings is 1. The van der Waals surface area contributed by atoms with Gasteiger partial charge in [0, 0.05) is 30.0 Å². The Morgan fingerprint density at radius 2 is 2.26 bits per heavy atom. The van der Waals surface area contributed by atoms with Gasteiger partial charge in [0.25, 0.3) is 5.91 Å². The summed E-state index contributed by atoms with van der Waals surface area (Å²) in [6.07, 6.45) is 0.493. The van der Waals surface area contributed by atoms with Crippen LogP contribution >= 0.6 is 11.3 Å². The molecule has 23 heavy (non-hydrogen) atoms. The van der Waals surface area contributed by atoms with Crippen molar-refractivity contribution in [3.63, 3.8) is 0 Å². The van der Waals surface area contributed by atoms with Gasteiger partial charge in [0.05, 0.1) is 17.3 Å². The molecule has 1 aromatic carbocycles. The van der Waals surface area contributed by atoms with Crippen molar-refractivity contribution in [2.45, 2.75) is 26.1 Å². The number of aliphatic hydroxyl groups is 1. The lowest BCUT2D eigenvalue weighted by atomic mass is 10.0. The molecule has 2 atom stereocenters. The number of ether oxygens (including phenoxy) is 1. The van der Waals surface area contributed by atoms with Crippen molar-refractivity contribution in [1.82, 2.24) is 9.88 Å². The van der Waals surface area contributed by atoms with Gasteiger partial charge in [-0.25, -0.2) is 4.98 Å². The topological polar surface area (TPSA) is 62.7 Å². The van der Waals surface area contributed by atoms with Crippen molar-refractivity contribution in [1.29, 1.82) is 0 Å². The molecule has 2 aromatic rings. The molecule has 1 aromatic heterocycles. The zero-order chi connectivity index (χ0) is 16.2. The third kappa shape index (κ3) is 3.89. The van der Waals surface area contributed by atoms with Crippen molar-refractivity contribution < 1.29 is 14.6 Å². The molecule has 0 bridgehead atoms. The smallest absolute Gasteiger partial charge is 0.253 e. The van der Waals surface area contributed by atoms with Gasteiger partial charge < -0.3 is 14.7 Å². The van der Waals surface area contributed by atoms with Gasteiger partial charge in [-0.15, -0.1) is 11.3 Å². The van der Waals surface area contributed by atoms with Crippen molar-refractivity contribution >= 4 is 17.2 Å². The third-order valence-corrected chi connectivity index (χ3v) is 4.80. The van der Waals surface area contributed by atoms with Gasteiger partial charge in [0.1, 0.15) is 12.4 Å². The number of aromatic nitrogens is 1. The molecule has 2 heterocycles. The summed E-state index contributed by atoms with van der Waals surface area (Å²) in [4.78, 5) is 18.4. The van der Waals surface area contributed by atoms with Crippen LogP contribution in [0.4, 0.5) is 0 Å². The summed E-state index contributed by atoms with van der Waals surface area (Å²) in [6, 6.07) is 7.19. The summed E-state index contributed by atoms with van der Waals surface area (Å²) in [6.45, 7) is 3.54. The van der Waals surface area contributed by atoms with Gasteiger partial charge in [-0.2, -0.15) is 0 Å². The van der Waals surface area contributed by atoms with Crippen LogP contribution in [-0.4, -0.2) is 40.1 Å². The number of amides is 1. The fourth-order valence-corrected chi connectivity index (χ4v) is 3.25. The molecule has 1 saturated heterocycles. The fraction of sp³-hybridized carbons (Fsp3) is 0.412. The van der Waals surface area contributed by atoms with Gasteiger partial charge in [-0.05, 0) is 37.6 Å². The van der Waals surface area contributed by atoms with E-state index in [2.05, 4.69) is 4.98 Å². The number of rotatable bonds is 5. The van der Waals surface area contributed by atoms with E-state index >= 15 is 0 Å². The van der Waals surface area contributed by atoms with Crippen LogP contribution in [0.1, 0.15) is 29.4 Å². The van der Waals surface area contributed by atoms with Crippen LogP contribution in [0.3, 0.4) is 0 Å². The van der Waals surface area contributed by atoms with Crippen LogP contribution in [-0.2, 0) is 6.61 Å². The molecule has 3 rings (SSSR count). The van der Waals surface area contributed by atoms with Crippen LogP contribution in [0.5, 0.6) is 5.75 Å². The Hall–Kier alpha value is -1.92. The van der Waals surface area contributed by atoms with Gasteiger partial charge in [-0.3, -0.25) is 4.79 Å². The quantitative estimate of drug-likeness (QED) is 0.914. The highest BCUT2D eigenvalue weighted by molar-refractivity contribution is 7.07. The molecule has 0 spiro atoms. The van der Waals surface area contributed by atoms with E-state index in [1.807, 2.05) is 22.4 Å². The maximum Gasteiger partial charge on any atom is 0.253 e. The molecular formula is C17H20N2O3S. The predicted molar refractivity (Wildman–Crippen MR) is 88.6 cm³/mol. The van der Waals surface area contributed by atoms with Crippen LogP contribution in [0.25, 0.3) is 0 Å². The van der Waals surface area contributed by atoms with Gasteiger partial charge in [-0.1, -0.05) is 0 Å². The summed E-state index contributed by atoms with van der Waals surface area (Å²) in [5.74, 6) is 0.914. The van der Waals surface area contributed by atoms with Gasteiger partial charge in [0.2, 0.25) is 0 Å². The SMILES string of the molecule is CC(O)C1CCN(C(=O)c2ccc(OCc3cscn3)cc2)C1. The number of carbonyl (C=O) groups is 1. The second-order valence-electron chi connectivity index (χ2n) is 5.83. The summed E-state index contributed by atoms with van der Waals surface area (Å²) in [7, 11) is 0. The predicted octanol–water partition coefficient (Wildman–Crippen LogP) is 2.57. The number of hydrogen-bond donors (Lipinski definition) is 1. The van der Waals surface area contributed by atoms with E-state index in [1.165, 1.54) is 11.3 Å². The second kappa shape index (κ2) is 7.10. The molecule has 1 aliphatic heterocycles. The maximum atomic E-state index is 12.5. The van der Waals surface area contributed by atoms with Crippen LogP contribution < -0.4 is 4.74 Å². The van der Waals surface area contributed by atoms with Crippen LogP contribution in [0.2, 0.25) is 0 Å². The average Bonchev–Trinajstić information content (AvgIpc) is 3.24. The Balaban J connectivity index is 1.57. The van der Waals surface area contributed by atoms with Crippen molar-refractivity contribution in [3.05, 3.63) is 46.4 Å².